The maximum absolute atomic E-state index is 12.2. The molecule has 7 nitrogen and oxygen atoms in total. The zero-order chi connectivity index (χ0) is 16.4. The number of morpholine rings is 1. The lowest BCUT2D eigenvalue weighted by Gasteiger charge is -2.36. The standard InChI is InChI=1S/C17H25N5O2/c23-17(11-14-1-2-14)22-5-3-20(4-6-22)15-12-16(19-18-13-15)21-7-9-24-10-8-21/h12-14H,1-11H2. The molecule has 0 bridgehead atoms. The SMILES string of the molecule is O=C(CC1CC1)N1CCN(c2cnnc(N3CCOCC3)c2)CC1. The van der Waals surface area contributed by atoms with Crippen LogP contribution >= 0.6 is 0 Å². The van der Waals surface area contributed by atoms with E-state index < -0.39 is 0 Å². The Kier molecular flexibility index (Phi) is 4.51. The normalized spacial score (nSPS) is 21.9. The van der Waals surface area contributed by atoms with E-state index >= 15 is 0 Å². The number of hydrogen-bond acceptors (Lipinski definition) is 6. The van der Waals surface area contributed by atoms with Gasteiger partial charge in [-0.1, -0.05) is 0 Å². The van der Waals surface area contributed by atoms with Crippen LogP contribution < -0.4 is 9.80 Å². The van der Waals surface area contributed by atoms with Crippen LogP contribution in [0.4, 0.5) is 11.5 Å². The Morgan fingerprint density at radius 2 is 1.83 bits per heavy atom. The third-order valence-electron chi connectivity index (χ3n) is 5.12. The van der Waals surface area contributed by atoms with Gasteiger partial charge >= 0.3 is 0 Å². The van der Waals surface area contributed by atoms with Crippen molar-refractivity contribution in [2.24, 2.45) is 5.92 Å². The Labute approximate surface area is 142 Å². The highest BCUT2D eigenvalue weighted by Crippen LogP contribution is 2.33. The minimum atomic E-state index is 0.332. The number of rotatable bonds is 4. The number of ether oxygens (including phenoxy) is 1. The molecule has 24 heavy (non-hydrogen) atoms. The van der Waals surface area contributed by atoms with Gasteiger partial charge in [-0.2, -0.15) is 5.10 Å². The van der Waals surface area contributed by atoms with Crippen molar-refractivity contribution in [2.75, 3.05) is 62.3 Å². The number of hydrogen-bond donors (Lipinski definition) is 0. The van der Waals surface area contributed by atoms with Crippen molar-refractivity contribution in [2.45, 2.75) is 19.3 Å². The lowest BCUT2D eigenvalue weighted by molar-refractivity contribution is -0.131. The Bertz CT molecular complexity index is 578. The zero-order valence-corrected chi connectivity index (χ0v) is 14.1. The maximum Gasteiger partial charge on any atom is 0.222 e. The van der Waals surface area contributed by atoms with Gasteiger partial charge in [-0.25, -0.2) is 0 Å². The molecule has 0 unspecified atom stereocenters. The molecule has 1 aromatic rings. The Balaban J connectivity index is 1.35. The average molecular weight is 331 g/mol. The molecule has 0 atom stereocenters. The fourth-order valence-corrected chi connectivity index (χ4v) is 3.38. The smallest absolute Gasteiger partial charge is 0.222 e. The maximum atomic E-state index is 12.2. The molecule has 7 heteroatoms. The first-order chi connectivity index (χ1) is 11.8. The predicted octanol–water partition coefficient (Wildman–Crippen LogP) is 0.762. The van der Waals surface area contributed by atoms with Crippen molar-refractivity contribution >= 4 is 17.4 Å². The third kappa shape index (κ3) is 3.61. The summed E-state index contributed by atoms with van der Waals surface area (Å²) in [6.07, 6.45) is 5.04. The fourth-order valence-electron chi connectivity index (χ4n) is 3.38. The summed E-state index contributed by atoms with van der Waals surface area (Å²) >= 11 is 0. The van der Waals surface area contributed by atoms with Crippen LogP contribution in [-0.2, 0) is 9.53 Å². The number of carbonyl (C=O) groups excluding carboxylic acids is 1. The Morgan fingerprint density at radius 3 is 2.54 bits per heavy atom. The van der Waals surface area contributed by atoms with Crippen LogP contribution in [-0.4, -0.2) is 73.5 Å². The van der Waals surface area contributed by atoms with Crippen molar-refractivity contribution in [1.82, 2.24) is 15.1 Å². The van der Waals surface area contributed by atoms with Crippen LogP contribution in [0, 0.1) is 5.92 Å². The van der Waals surface area contributed by atoms with Crippen LogP contribution in [0.25, 0.3) is 0 Å². The molecule has 130 valence electrons. The average Bonchev–Trinajstić information content (AvgIpc) is 3.47. The van der Waals surface area contributed by atoms with Gasteiger partial charge in [0.05, 0.1) is 25.1 Å². The van der Waals surface area contributed by atoms with Crippen LogP contribution in [0.1, 0.15) is 19.3 Å². The molecular weight excluding hydrogens is 306 g/mol. The topological polar surface area (TPSA) is 61.8 Å². The van der Waals surface area contributed by atoms with Crippen LogP contribution in [0.2, 0.25) is 0 Å². The molecule has 3 heterocycles. The molecular formula is C17H25N5O2. The van der Waals surface area contributed by atoms with Gasteiger partial charge in [-0.3, -0.25) is 4.79 Å². The Morgan fingerprint density at radius 1 is 1.08 bits per heavy atom. The summed E-state index contributed by atoms with van der Waals surface area (Å²) in [6.45, 7) is 6.56. The molecule has 0 aromatic carbocycles. The monoisotopic (exact) mass is 331 g/mol. The molecule has 0 spiro atoms. The van der Waals surface area contributed by atoms with E-state index in [1.165, 1.54) is 12.8 Å². The number of anilines is 2. The fraction of sp³-hybridized carbons (Fsp3) is 0.706. The number of carbonyl (C=O) groups is 1. The highest BCUT2D eigenvalue weighted by atomic mass is 16.5. The summed E-state index contributed by atoms with van der Waals surface area (Å²) in [5.74, 6) is 1.91. The van der Waals surface area contributed by atoms with E-state index in [1.807, 2.05) is 11.1 Å². The van der Waals surface area contributed by atoms with Gasteiger partial charge in [0.2, 0.25) is 5.91 Å². The minimum Gasteiger partial charge on any atom is -0.378 e. The third-order valence-corrected chi connectivity index (χ3v) is 5.12. The van der Waals surface area contributed by atoms with Gasteiger partial charge in [0.15, 0.2) is 5.82 Å². The lowest BCUT2D eigenvalue weighted by atomic mass is 10.2. The molecule has 1 amide bonds. The molecule has 1 aromatic heterocycles. The summed E-state index contributed by atoms with van der Waals surface area (Å²) in [5, 5.41) is 8.45. The molecule has 1 aliphatic carbocycles. The van der Waals surface area contributed by atoms with Gasteiger partial charge in [0, 0.05) is 51.8 Å². The number of nitrogens with zero attached hydrogens (tertiary/aromatic N) is 5. The van der Waals surface area contributed by atoms with Crippen LogP contribution in [0.15, 0.2) is 12.3 Å². The quantitative estimate of drug-likeness (QED) is 0.812. The lowest BCUT2D eigenvalue weighted by Crippen LogP contribution is -2.49. The first-order valence-corrected chi connectivity index (χ1v) is 8.98. The predicted molar refractivity (Wildman–Crippen MR) is 91.2 cm³/mol. The van der Waals surface area contributed by atoms with Gasteiger partial charge in [0.25, 0.3) is 0 Å². The van der Waals surface area contributed by atoms with Crippen molar-refractivity contribution in [1.29, 1.82) is 0 Å². The van der Waals surface area contributed by atoms with Crippen LogP contribution in [0.3, 0.4) is 0 Å². The van der Waals surface area contributed by atoms with Gasteiger partial charge in [-0.15, -0.1) is 5.10 Å². The second-order valence-electron chi connectivity index (χ2n) is 6.89. The van der Waals surface area contributed by atoms with Crippen molar-refractivity contribution < 1.29 is 9.53 Å². The van der Waals surface area contributed by atoms with Crippen molar-refractivity contribution in [3.05, 3.63) is 12.3 Å². The van der Waals surface area contributed by atoms with Gasteiger partial charge < -0.3 is 19.4 Å². The Hall–Kier alpha value is -1.89. The first-order valence-electron chi connectivity index (χ1n) is 8.98. The van der Waals surface area contributed by atoms with E-state index in [-0.39, 0.29) is 0 Å². The van der Waals surface area contributed by atoms with Crippen LogP contribution in [0.5, 0.6) is 0 Å². The molecule has 1 saturated carbocycles. The van der Waals surface area contributed by atoms with E-state index in [0.717, 1.165) is 70.4 Å². The van der Waals surface area contributed by atoms with E-state index in [1.54, 1.807) is 0 Å². The van der Waals surface area contributed by atoms with Crippen molar-refractivity contribution in [3.63, 3.8) is 0 Å². The van der Waals surface area contributed by atoms with E-state index in [0.29, 0.717) is 11.8 Å². The number of piperazine rings is 1. The summed E-state index contributed by atoms with van der Waals surface area (Å²) < 4.78 is 5.40. The summed E-state index contributed by atoms with van der Waals surface area (Å²) in [5.41, 5.74) is 1.10. The second-order valence-corrected chi connectivity index (χ2v) is 6.89. The highest BCUT2D eigenvalue weighted by molar-refractivity contribution is 5.77. The van der Waals surface area contributed by atoms with Gasteiger partial charge in [-0.05, 0) is 18.8 Å². The second kappa shape index (κ2) is 6.93. The van der Waals surface area contributed by atoms with E-state index in [2.05, 4.69) is 26.1 Å². The molecule has 3 aliphatic rings. The summed E-state index contributed by atoms with van der Waals surface area (Å²) in [4.78, 5) is 18.8. The minimum absolute atomic E-state index is 0.332. The highest BCUT2D eigenvalue weighted by Gasteiger charge is 2.28. The molecule has 4 rings (SSSR count). The van der Waals surface area contributed by atoms with Crippen molar-refractivity contribution in [3.8, 4) is 0 Å². The molecule has 0 N–H and O–H groups in total. The summed E-state index contributed by atoms with van der Waals surface area (Å²) in [6, 6.07) is 2.11. The van der Waals surface area contributed by atoms with E-state index in [9.17, 15) is 4.79 Å². The zero-order valence-electron chi connectivity index (χ0n) is 14.1. The van der Waals surface area contributed by atoms with Gasteiger partial charge in [0.1, 0.15) is 0 Å². The first kappa shape index (κ1) is 15.6. The largest absolute Gasteiger partial charge is 0.378 e. The van der Waals surface area contributed by atoms with E-state index in [4.69, 9.17) is 4.74 Å². The summed E-state index contributed by atoms with van der Waals surface area (Å²) in [7, 11) is 0. The number of amides is 1. The molecule has 2 aliphatic heterocycles. The number of aromatic nitrogens is 2. The molecule has 2 saturated heterocycles. The molecule has 0 radical (unpaired) electrons. The molecule has 3 fully saturated rings.